The van der Waals surface area contributed by atoms with Crippen molar-refractivity contribution in [3.8, 4) is 17.1 Å². The van der Waals surface area contributed by atoms with E-state index < -0.39 is 0 Å². The molecule has 1 unspecified atom stereocenters. The second-order valence-corrected chi connectivity index (χ2v) is 8.94. The van der Waals surface area contributed by atoms with Gasteiger partial charge in [0.15, 0.2) is 5.88 Å². The van der Waals surface area contributed by atoms with Crippen LogP contribution in [-0.2, 0) is 4.74 Å². The van der Waals surface area contributed by atoms with Gasteiger partial charge in [-0.3, -0.25) is 0 Å². The summed E-state index contributed by atoms with van der Waals surface area (Å²) in [6.07, 6.45) is 2.61. The number of aliphatic hydroxyl groups excluding tert-OH is 1. The predicted molar refractivity (Wildman–Crippen MR) is 128 cm³/mol. The summed E-state index contributed by atoms with van der Waals surface area (Å²) in [6.45, 7) is 6.66. The minimum Gasteiger partial charge on any atom is -0.473 e. The first-order valence-corrected chi connectivity index (χ1v) is 12.0. The topological polar surface area (TPSA) is 70.6 Å². The van der Waals surface area contributed by atoms with Gasteiger partial charge < -0.3 is 24.5 Å². The summed E-state index contributed by atoms with van der Waals surface area (Å²) < 4.78 is 11.9. The first kappa shape index (κ1) is 21.6. The number of pyridine rings is 1. The molecule has 3 fully saturated rings. The van der Waals surface area contributed by atoms with E-state index in [1.54, 1.807) is 0 Å². The van der Waals surface area contributed by atoms with Gasteiger partial charge in [0, 0.05) is 36.3 Å². The molecular formula is C25H30ClN3O3. The number of aromatic nitrogens is 2. The first-order chi connectivity index (χ1) is 15.7. The molecule has 3 aliphatic rings. The van der Waals surface area contributed by atoms with E-state index in [0.717, 1.165) is 48.2 Å². The number of hydrogen-bond donors (Lipinski definition) is 2. The highest BCUT2D eigenvalue weighted by atomic mass is 35.5. The quantitative estimate of drug-likeness (QED) is 0.577. The summed E-state index contributed by atoms with van der Waals surface area (Å²) in [4.78, 5) is 10.4. The molecular weight excluding hydrogens is 426 g/mol. The number of ether oxygens (including phenoxy) is 2. The summed E-state index contributed by atoms with van der Waals surface area (Å²) in [7, 11) is 0. The second-order valence-electron chi connectivity index (χ2n) is 8.54. The van der Waals surface area contributed by atoms with Crippen molar-refractivity contribution in [2.45, 2.75) is 51.4 Å². The highest BCUT2D eigenvalue weighted by Gasteiger charge is 2.47. The van der Waals surface area contributed by atoms with E-state index in [2.05, 4.69) is 34.1 Å². The van der Waals surface area contributed by atoms with Crippen LogP contribution in [0.15, 0.2) is 36.4 Å². The summed E-state index contributed by atoms with van der Waals surface area (Å²) in [5.41, 5.74) is 4.68. The number of hydrogen-bond acceptors (Lipinski definition) is 5. The maximum Gasteiger partial charge on any atom is 0.193 e. The van der Waals surface area contributed by atoms with Crippen LogP contribution in [0.1, 0.15) is 33.1 Å². The standard InChI is InChI=1S/C23H24ClN3O3.C2H6/c24-16-10-17-18(26-22(16)13-2-4-14(5-3-13)27-8-1-9-27)11-21(25-17)30-20-7-6-15-19(28)12-29-23(15)20;1-2/h2-5,10-11,15,19-20,23,25,28H,1,6-9,12H2;1-2H3/t15?,19-,20-,23+;/m1./s1. The molecule has 170 valence electrons. The van der Waals surface area contributed by atoms with Crippen molar-refractivity contribution in [1.29, 1.82) is 0 Å². The highest BCUT2D eigenvalue weighted by molar-refractivity contribution is 6.33. The Balaban J connectivity index is 0.00000105. The van der Waals surface area contributed by atoms with Crippen molar-refractivity contribution in [3.63, 3.8) is 0 Å². The zero-order valence-electron chi connectivity index (χ0n) is 18.6. The van der Waals surface area contributed by atoms with E-state index in [1.165, 1.54) is 12.1 Å². The predicted octanol–water partition coefficient (Wildman–Crippen LogP) is 5.04. The van der Waals surface area contributed by atoms with Crippen LogP contribution in [0.2, 0.25) is 5.02 Å². The summed E-state index contributed by atoms with van der Waals surface area (Å²) in [5.74, 6) is 0.840. The van der Waals surface area contributed by atoms with Gasteiger partial charge in [-0.05, 0) is 37.5 Å². The molecule has 0 amide bonds. The molecule has 0 spiro atoms. The fourth-order valence-corrected chi connectivity index (χ4v) is 5.16. The molecule has 2 saturated heterocycles. The molecule has 1 saturated carbocycles. The van der Waals surface area contributed by atoms with Crippen LogP contribution in [0.5, 0.6) is 5.88 Å². The van der Waals surface area contributed by atoms with Crippen molar-refractivity contribution >= 4 is 28.3 Å². The summed E-state index contributed by atoms with van der Waals surface area (Å²) >= 11 is 6.57. The van der Waals surface area contributed by atoms with Crippen LogP contribution in [0.3, 0.4) is 0 Å². The number of halogens is 1. The molecule has 1 aromatic carbocycles. The molecule has 7 heteroatoms. The molecule has 4 heterocycles. The largest absolute Gasteiger partial charge is 0.473 e. The van der Waals surface area contributed by atoms with Crippen molar-refractivity contribution in [2.24, 2.45) is 5.92 Å². The van der Waals surface area contributed by atoms with E-state index in [1.807, 2.05) is 26.0 Å². The molecule has 0 radical (unpaired) electrons. The number of rotatable bonds is 4. The van der Waals surface area contributed by atoms with Gasteiger partial charge in [-0.1, -0.05) is 37.6 Å². The molecule has 2 aromatic heterocycles. The number of benzene rings is 1. The SMILES string of the molecule is CC.O[C@@H]1CO[C@H]2C1CC[C@H]2Oc1cc2nc(-c3ccc(N4CCC4)cc3)c(Cl)cc2[nH]1. The van der Waals surface area contributed by atoms with E-state index >= 15 is 0 Å². The maximum atomic E-state index is 10.0. The number of nitrogens with one attached hydrogen (secondary N) is 1. The van der Waals surface area contributed by atoms with Gasteiger partial charge in [-0.15, -0.1) is 0 Å². The van der Waals surface area contributed by atoms with E-state index in [9.17, 15) is 5.11 Å². The van der Waals surface area contributed by atoms with Crippen LogP contribution < -0.4 is 9.64 Å². The van der Waals surface area contributed by atoms with Crippen LogP contribution in [0.4, 0.5) is 5.69 Å². The first-order valence-electron chi connectivity index (χ1n) is 11.7. The average Bonchev–Trinajstić information content (AvgIpc) is 3.45. The lowest BCUT2D eigenvalue weighted by Gasteiger charge is -2.33. The Kier molecular flexibility index (Phi) is 6.01. The lowest BCUT2D eigenvalue weighted by atomic mass is 10.0. The number of fused-ring (bicyclic) bond motifs is 2. The van der Waals surface area contributed by atoms with Gasteiger partial charge in [-0.2, -0.15) is 0 Å². The van der Waals surface area contributed by atoms with Crippen molar-refractivity contribution in [1.82, 2.24) is 9.97 Å². The van der Waals surface area contributed by atoms with Crippen LogP contribution in [0, 0.1) is 5.92 Å². The number of H-pyrrole nitrogens is 1. The van der Waals surface area contributed by atoms with Crippen LogP contribution in [0.25, 0.3) is 22.3 Å². The molecule has 6 nitrogen and oxygen atoms in total. The smallest absolute Gasteiger partial charge is 0.193 e. The van der Waals surface area contributed by atoms with Crippen LogP contribution in [-0.4, -0.2) is 53.1 Å². The second kappa shape index (κ2) is 8.93. The Morgan fingerprint density at radius 1 is 1.16 bits per heavy atom. The molecule has 6 rings (SSSR count). The molecule has 32 heavy (non-hydrogen) atoms. The Morgan fingerprint density at radius 2 is 1.94 bits per heavy atom. The third-order valence-electron chi connectivity index (χ3n) is 6.70. The van der Waals surface area contributed by atoms with E-state index in [0.29, 0.717) is 17.5 Å². The number of nitrogens with zero attached hydrogens (tertiary/aromatic N) is 2. The highest BCUT2D eigenvalue weighted by Crippen LogP contribution is 2.39. The Labute approximate surface area is 193 Å². The van der Waals surface area contributed by atoms with Crippen LogP contribution >= 0.6 is 11.6 Å². The molecule has 4 atom stereocenters. The van der Waals surface area contributed by atoms with Gasteiger partial charge >= 0.3 is 0 Å². The Bertz CT molecular complexity index is 1080. The van der Waals surface area contributed by atoms with Gasteiger partial charge in [0.1, 0.15) is 6.10 Å². The minimum atomic E-state index is -0.373. The molecule has 2 N–H and O–H groups in total. The normalized spacial score (nSPS) is 26.4. The van der Waals surface area contributed by atoms with Crippen molar-refractivity contribution in [2.75, 3.05) is 24.6 Å². The Hall–Kier alpha value is -2.28. The van der Waals surface area contributed by atoms with Gasteiger partial charge in [0.05, 0.1) is 40.6 Å². The van der Waals surface area contributed by atoms with Gasteiger partial charge in [0.2, 0.25) is 0 Å². The molecule has 0 bridgehead atoms. The number of aliphatic hydroxyl groups is 1. The lowest BCUT2D eigenvalue weighted by molar-refractivity contribution is 0.0154. The number of anilines is 1. The Morgan fingerprint density at radius 3 is 2.66 bits per heavy atom. The number of aromatic amines is 1. The lowest BCUT2D eigenvalue weighted by Crippen LogP contribution is -2.36. The fraction of sp³-hybridized carbons (Fsp3) is 0.480. The third-order valence-corrected chi connectivity index (χ3v) is 6.99. The van der Waals surface area contributed by atoms with E-state index in [-0.39, 0.29) is 24.2 Å². The minimum absolute atomic E-state index is 0.0385. The van der Waals surface area contributed by atoms with Crippen molar-refractivity contribution < 1.29 is 14.6 Å². The van der Waals surface area contributed by atoms with E-state index in [4.69, 9.17) is 26.1 Å². The zero-order chi connectivity index (χ0) is 22.2. The average molecular weight is 456 g/mol. The molecule has 2 aliphatic heterocycles. The molecule has 3 aromatic rings. The zero-order valence-corrected chi connectivity index (χ0v) is 19.3. The third kappa shape index (κ3) is 3.85. The van der Waals surface area contributed by atoms with Gasteiger partial charge in [0.25, 0.3) is 0 Å². The fourth-order valence-electron chi connectivity index (χ4n) is 4.90. The van der Waals surface area contributed by atoms with Crippen molar-refractivity contribution in [3.05, 3.63) is 41.4 Å². The van der Waals surface area contributed by atoms with Gasteiger partial charge in [-0.25, -0.2) is 4.98 Å². The monoisotopic (exact) mass is 455 g/mol. The molecule has 1 aliphatic carbocycles. The summed E-state index contributed by atoms with van der Waals surface area (Å²) in [5, 5.41) is 10.6. The maximum absolute atomic E-state index is 10.0. The summed E-state index contributed by atoms with van der Waals surface area (Å²) in [6, 6.07) is 12.3.